The van der Waals surface area contributed by atoms with E-state index in [9.17, 15) is 9.90 Å². The van der Waals surface area contributed by atoms with Crippen LogP contribution in [0.2, 0.25) is 0 Å². The van der Waals surface area contributed by atoms with Gasteiger partial charge in [-0.2, -0.15) is 0 Å². The lowest BCUT2D eigenvalue weighted by molar-refractivity contribution is -0.142. The molecule has 0 aliphatic rings. The highest BCUT2D eigenvalue weighted by Crippen LogP contribution is 2.20. The van der Waals surface area contributed by atoms with Gasteiger partial charge in [0.15, 0.2) is 0 Å². The highest BCUT2D eigenvalue weighted by molar-refractivity contribution is 5.70. The van der Waals surface area contributed by atoms with Crippen LogP contribution in [0.4, 0.5) is 0 Å². The molecule has 4 heteroatoms. The Morgan fingerprint density at radius 3 is 2.50 bits per heavy atom. The van der Waals surface area contributed by atoms with E-state index in [-0.39, 0.29) is 6.42 Å². The number of ether oxygens (including phenoxy) is 2. The second-order valence-corrected chi connectivity index (χ2v) is 3.30. The van der Waals surface area contributed by atoms with Crippen molar-refractivity contribution in [2.45, 2.75) is 19.4 Å². The lowest BCUT2D eigenvalue weighted by Crippen LogP contribution is -2.07. The third-order valence-electron chi connectivity index (χ3n) is 2.16. The third kappa shape index (κ3) is 3.55. The molecule has 0 aliphatic carbocycles. The Hall–Kier alpha value is -1.55. The summed E-state index contributed by atoms with van der Waals surface area (Å²) in [5.41, 5.74) is 0.675. The number of benzene rings is 1. The summed E-state index contributed by atoms with van der Waals surface area (Å²) in [7, 11) is 1.30. The van der Waals surface area contributed by atoms with Crippen molar-refractivity contribution in [3.63, 3.8) is 0 Å². The maximum Gasteiger partial charge on any atom is 0.308 e. The lowest BCUT2D eigenvalue weighted by Gasteiger charge is -2.10. The molecule has 0 amide bonds. The first kappa shape index (κ1) is 12.5. The molecule has 1 N–H and O–H groups in total. The zero-order chi connectivity index (χ0) is 12.0. The van der Waals surface area contributed by atoms with E-state index < -0.39 is 12.1 Å². The molecule has 0 unspecified atom stereocenters. The van der Waals surface area contributed by atoms with Gasteiger partial charge in [0.25, 0.3) is 0 Å². The molecule has 88 valence electrons. The summed E-state index contributed by atoms with van der Waals surface area (Å²) in [6.07, 6.45) is -0.868. The smallest absolute Gasteiger partial charge is 0.308 e. The quantitative estimate of drug-likeness (QED) is 0.773. The third-order valence-corrected chi connectivity index (χ3v) is 2.16. The first-order chi connectivity index (χ1) is 7.67. The topological polar surface area (TPSA) is 55.8 Å². The SMILES string of the molecule is CCOc1ccc([C@H](O)CC(=O)OC)cc1. The van der Waals surface area contributed by atoms with Gasteiger partial charge in [-0.1, -0.05) is 12.1 Å². The Labute approximate surface area is 94.8 Å². The van der Waals surface area contributed by atoms with Crippen LogP contribution < -0.4 is 4.74 Å². The number of aliphatic hydroxyl groups excluding tert-OH is 1. The molecule has 0 aromatic heterocycles. The number of methoxy groups -OCH3 is 1. The van der Waals surface area contributed by atoms with Crippen molar-refractivity contribution in [1.82, 2.24) is 0 Å². The minimum Gasteiger partial charge on any atom is -0.494 e. The number of aliphatic hydroxyl groups is 1. The maximum absolute atomic E-state index is 11.0. The highest BCUT2D eigenvalue weighted by Gasteiger charge is 2.12. The molecule has 1 aromatic carbocycles. The van der Waals surface area contributed by atoms with Gasteiger partial charge in [0, 0.05) is 0 Å². The van der Waals surface area contributed by atoms with Crippen LogP contribution in [0.3, 0.4) is 0 Å². The van der Waals surface area contributed by atoms with Gasteiger partial charge in [0.2, 0.25) is 0 Å². The van der Waals surface area contributed by atoms with Gasteiger partial charge in [0.05, 0.1) is 26.2 Å². The monoisotopic (exact) mass is 224 g/mol. The molecular formula is C12H16O4. The molecule has 1 atom stereocenters. The molecule has 0 saturated heterocycles. The fourth-order valence-corrected chi connectivity index (χ4v) is 1.31. The Bertz CT molecular complexity index is 331. The average Bonchev–Trinajstić information content (AvgIpc) is 2.30. The van der Waals surface area contributed by atoms with Crippen LogP contribution >= 0.6 is 0 Å². The molecule has 0 radical (unpaired) electrons. The largest absolute Gasteiger partial charge is 0.494 e. The van der Waals surface area contributed by atoms with Crippen molar-refractivity contribution >= 4 is 5.97 Å². The first-order valence-electron chi connectivity index (χ1n) is 5.15. The van der Waals surface area contributed by atoms with Crippen molar-refractivity contribution in [2.75, 3.05) is 13.7 Å². The number of hydrogen-bond donors (Lipinski definition) is 1. The van der Waals surface area contributed by atoms with E-state index in [1.807, 2.05) is 6.92 Å². The van der Waals surface area contributed by atoms with Crippen LogP contribution in [0.5, 0.6) is 5.75 Å². The van der Waals surface area contributed by atoms with Gasteiger partial charge in [0.1, 0.15) is 5.75 Å². The Morgan fingerprint density at radius 1 is 1.38 bits per heavy atom. The van der Waals surface area contributed by atoms with Gasteiger partial charge in [-0.05, 0) is 24.6 Å². The van der Waals surface area contributed by atoms with Crippen LogP contribution in [0.25, 0.3) is 0 Å². The molecule has 0 spiro atoms. The second kappa shape index (κ2) is 6.12. The fraction of sp³-hybridized carbons (Fsp3) is 0.417. The van der Waals surface area contributed by atoms with E-state index in [2.05, 4.69) is 4.74 Å². The normalized spacial score (nSPS) is 11.9. The Kier molecular flexibility index (Phi) is 4.79. The van der Waals surface area contributed by atoms with Crippen molar-refractivity contribution in [3.05, 3.63) is 29.8 Å². The predicted octanol–water partition coefficient (Wildman–Crippen LogP) is 1.68. The Morgan fingerprint density at radius 2 is 2.00 bits per heavy atom. The molecule has 0 fully saturated rings. The molecule has 0 aliphatic heterocycles. The van der Waals surface area contributed by atoms with Crippen LogP contribution in [0, 0.1) is 0 Å². The van der Waals surface area contributed by atoms with Crippen LogP contribution in [-0.2, 0) is 9.53 Å². The summed E-state index contributed by atoms with van der Waals surface area (Å²) in [6.45, 7) is 2.50. The van der Waals surface area contributed by atoms with Crippen molar-refractivity contribution in [2.24, 2.45) is 0 Å². The molecule has 0 bridgehead atoms. The van der Waals surface area contributed by atoms with E-state index in [4.69, 9.17) is 4.74 Å². The van der Waals surface area contributed by atoms with Gasteiger partial charge in [-0.15, -0.1) is 0 Å². The van der Waals surface area contributed by atoms with Gasteiger partial charge >= 0.3 is 5.97 Å². The van der Waals surface area contributed by atoms with E-state index in [1.165, 1.54) is 7.11 Å². The number of carbonyl (C=O) groups excluding carboxylic acids is 1. The minimum absolute atomic E-state index is 0.0372. The highest BCUT2D eigenvalue weighted by atomic mass is 16.5. The zero-order valence-electron chi connectivity index (χ0n) is 9.47. The van der Waals surface area contributed by atoms with Gasteiger partial charge in [-0.25, -0.2) is 0 Å². The molecule has 4 nitrogen and oxygen atoms in total. The van der Waals surface area contributed by atoms with E-state index >= 15 is 0 Å². The average molecular weight is 224 g/mol. The van der Waals surface area contributed by atoms with Crippen LogP contribution in [0.15, 0.2) is 24.3 Å². The summed E-state index contributed by atoms with van der Waals surface area (Å²) < 4.78 is 9.75. The summed E-state index contributed by atoms with van der Waals surface area (Å²) in [5.74, 6) is 0.318. The van der Waals surface area contributed by atoms with Crippen molar-refractivity contribution < 1.29 is 19.4 Å². The van der Waals surface area contributed by atoms with Gasteiger partial charge in [-0.3, -0.25) is 4.79 Å². The minimum atomic E-state index is -0.830. The van der Waals surface area contributed by atoms with E-state index in [0.717, 1.165) is 5.75 Å². The van der Waals surface area contributed by atoms with Gasteiger partial charge < -0.3 is 14.6 Å². The summed E-state index contributed by atoms with van der Waals surface area (Å²) in [6, 6.07) is 7.00. The van der Waals surface area contributed by atoms with Crippen molar-refractivity contribution in [1.29, 1.82) is 0 Å². The Balaban J connectivity index is 2.62. The molecule has 1 aromatic rings. The summed E-state index contributed by atoms with van der Waals surface area (Å²) in [4.78, 5) is 11.0. The molecule has 1 rings (SSSR count). The first-order valence-corrected chi connectivity index (χ1v) is 5.15. The predicted molar refractivity (Wildman–Crippen MR) is 59.2 cm³/mol. The summed E-state index contributed by atoms with van der Waals surface area (Å²) in [5, 5.41) is 9.70. The van der Waals surface area contributed by atoms with E-state index in [1.54, 1.807) is 24.3 Å². The molecule has 0 heterocycles. The lowest BCUT2D eigenvalue weighted by atomic mass is 10.1. The molecule has 16 heavy (non-hydrogen) atoms. The van der Waals surface area contributed by atoms with E-state index in [0.29, 0.717) is 12.2 Å². The standard InChI is InChI=1S/C12H16O4/c1-3-16-10-6-4-9(5-7-10)11(13)8-12(14)15-2/h4-7,11,13H,3,8H2,1-2H3/t11-/m1/s1. The fourth-order valence-electron chi connectivity index (χ4n) is 1.31. The van der Waals surface area contributed by atoms with Crippen LogP contribution in [0.1, 0.15) is 25.0 Å². The number of hydrogen-bond acceptors (Lipinski definition) is 4. The second-order valence-electron chi connectivity index (χ2n) is 3.30. The number of carbonyl (C=O) groups is 1. The van der Waals surface area contributed by atoms with Crippen molar-refractivity contribution in [3.8, 4) is 5.75 Å². The maximum atomic E-state index is 11.0. The van der Waals surface area contributed by atoms with Crippen LogP contribution in [-0.4, -0.2) is 24.8 Å². The summed E-state index contributed by atoms with van der Waals surface area (Å²) >= 11 is 0. The number of esters is 1. The number of rotatable bonds is 5. The molecular weight excluding hydrogens is 208 g/mol. The zero-order valence-corrected chi connectivity index (χ0v) is 9.47. The molecule has 0 saturated carbocycles.